The lowest BCUT2D eigenvalue weighted by atomic mass is 9.91. The molecule has 2 aliphatic heterocycles. The van der Waals surface area contributed by atoms with Crippen molar-refractivity contribution < 1.29 is 14.3 Å². The zero-order valence-electron chi connectivity index (χ0n) is 17.2. The quantitative estimate of drug-likeness (QED) is 0.506. The van der Waals surface area contributed by atoms with Crippen LogP contribution < -0.4 is 9.47 Å². The minimum absolute atomic E-state index is 0.0464. The van der Waals surface area contributed by atoms with Crippen molar-refractivity contribution in [3.63, 3.8) is 0 Å². The van der Waals surface area contributed by atoms with Crippen molar-refractivity contribution in [2.75, 3.05) is 13.3 Å². The Bertz CT molecular complexity index is 1320. The van der Waals surface area contributed by atoms with E-state index in [0.717, 1.165) is 45.8 Å². The molecule has 5 heteroatoms. The number of hydrogen-bond acceptors (Lipinski definition) is 3. The summed E-state index contributed by atoms with van der Waals surface area (Å²) >= 11 is 0. The molecular formula is C26H22N2O3. The number of fused-ring (bicyclic) bond motifs is 4. The van der Waals surface area contributed by atoms with E-state index in [9.17, 15) is 4.79 Å². The van der Waals surface area contributed by atoms with E-state index >= 15 is 0 Å². The Kier molecular flexibility index (Phi) is 4.03. The number of carbonyl (C=O) groups excluding carboxylic acids is 1. The summed E-state index contributed by atoms with van der Waals surface area (Å²) in [7, 11) is 0. The van der Waals surface area contributed by atoms with Crippen LogP contribution in [0.1, 0.15) is 38.8 Å². The van der Waals surface area contributed by atoms with Crippen LogP contribution in [0.5, 0.6) is 11.5 Å². The van der Waals surface area contributed by atoms with Crippen LogP contribution in [0, 0.1) is 6.92 Å². The van der Waals surface area contributed by atoms with Crippen LogP contribution in [-0.2, 0) is 6.42 Å². The number of aryl methyl sites for hydroxylation is 1. The summed E-state index contributed by atoms with van der Waals surface area (Å²) in [5.41, 5.74) is 6.20. The lowest BCUT2D eigenvalue weighted by Gasteiger charge is -2.36. The van der Waals surface area contributed by atoms with E-state index in [2.05, 4.69) is 23.2 Å². The molecule has 0 aliphatic carbocycles. The van der Waals surface area contributed by atoms with E-state index < -0.39 is 0 Å². The van der Waals surface area contributed by atoms with Crippen molar-refractivity contribution in [1.82, 2.24) is 9.88 Å². The van der Waals surface area contributed by atoms with Crippen LogP contribution in [0.3, 0.4) is 0 Å². The Balaban J connectivity index is 1.53. The van der Waals surface area contributed by atoms with Crippen LogP contribution in [-0.4, -0.2) is 29.1 Å². The number of benzene rings is 3. The fourth-order valence-corrected chi connectivity index (χ4v) is 4.86. The van der Waals surface area contributed by atoms with Gasteiger partial charge in [0.25, 0.3) is 5.91 Å². The van der Waals surface area contributed by atoms with Gasteiger partial charge in [-0.1, -0.05) is 42.5 Å². The molecular weight excluding hydrogens is 388 g/mol. The van der Waals surface area contributed by atoms with Crippen molar-refractivity contribution in [2.24, 2.45) is 0 Å². The molecule has 0 saturated heterocycles. The molecule has 1 N–H and O–H groups in total. The number of amides is 1. The maximum atomic E-state index is 13.7. The highest BCUT2D eigenvalue weighted by Gasteiger charge is 2.36. The maximum Gasteiger partial charge on any atom is 0.254 e. The fraction of sp³-hybridized carbons (Fsp3) is 0.192. The Hall–Kier alpha value is -3.73. The van der Waals surface area contributed by atoms with Crippen molar-refractivity contribution in [3.05, 3.63) is 94.7 Å². The highest BCUT2D eigenvalue weighted by Crippen LogP contribution is 2.42. The lowest BCUT2D eigenvalue weighted by Crippen LogP contribution is -2.40. The number of nitrogens with zero attached hydrogens (tertiary/aromatic N) is 1. The maximum absolute atomic E-state index is 13.7. The number of nitrogens with one attached hydrogen (secondary N) is 1. The third-order valence-corrected chi connectivity index (χ3v) is 6.38. The summed E-state index contributed by atoms with van der Waals surface area (Å²) in [5, 5.41) is 1.23. The van der Waals surface area contributed by atoms with Crippen molar-refractivity contribution in [1.29, 1.82) is 0 Å². The van der Waals surface area contributed by atoms with E-state index in [4.69, 9.17) is 9.47 Å². The predicted octanol–water partition coefficient (Wildman–Crippen LogP) is 4.99. The summed E-state index contributed by atoms with van der Waals surface area (Å²) < 4.78 is 11.1. The van der Waals surface area contributed by atoms with Crippen molar-refractivity contribution in [2.45, 2.75) is 19.4 Å². The second kappa shape index (κ2) is 6.91. The van der Waals surface area contributed by atoms with Gasteiger partial charge in [-0.05, 0) is 54.3 Å². The SMILES string of the molecule is Cc1ccccc1C(=O)N1CCc2c([nH]c3ccccc23)[C@H]1c1ccc2c(c1)OCO2. The van der Waals surface area contributed by atoms with Crippen LogP contribution >= 0.6 is 0 Å². The van der Waals surface area contributed by atoms with Gasteiger partial charge in [-0.3, -0.25) is 4.79 Å². The topological polar surface area (TPSA) is 54.6 Å². The summed E-state index contributed by atoms with van der Waals surface area (Å²) in [6, 6.07) is 21.9. The highest BCUT2D eigenvalue weighted by molar-refractivity contribution is 5.97. The summed E-state index contributed by atoms with van der Waals surface area (Å²) in [4.78, 5) is 19.3. The standard InChI is InChI=1S/C26H22N2O3/c1-16-6-2-3-7-18(16)26(29)28-13-12-20-19-8-4-5-9-21(19)27-24(20)25(28)17-10-11-22-23(14-17)31-15-30-22/h2-11,14,25,27H,12-13,15H2,1H3/t25-/m1/s1. The second-order valence-corrected chi connectivity index (χ2v) is 8.14. The lowest BCUT2D eigenvalue weighted by molar-refractivity contribution is 0.0691. The van der Waals surface area contributed by atoms with Gasteiger partial charge in [0.2, 0.25) is 6.79 Å². The van der Waals surface area contributed by atoms with Gasteiger partial charge in [0.05, 0.1) is 6.04 Å². The number of rotatable bonds is 2. The van der Waals surface area contributed by atoms with Crippen LogP contribution in [0.15, 0.2) is 66.7 Å². The highest BCUT2D eigenvalue weighted by atomic mass is 16.7. The first kappa shape index (κ1) is 18.1. The molecule has 0 bridgehead atoms. The van der Waals surface area contributed by atoms with Gasteiger partial charge in [-0.25, -0.2) is 0 Å². The summed E-state index contributed by atoms with van der Waals surface area (Å²) in [6.45, 7) is 2.87. The molecule has 0 radical (unpaired) electrons. The first-order chi connectivity index (χ1) is 15.2. The zero-order valence-corrected chi connectivity index (χ0v) is 17.2. The molecule has 6 rings (SSSR count). The molecule has 5 nitrogen and oxygen atoms in total. The molecule has 1 atom stereocenters. The number of aromatic nitrogens is 1. The molecule has 3 heterocycles. The van der Waals surface area contributed by atoms with E-state index in [1.807, 2.05) is 60.4 Å². The molecule has 3 aromatic carbocycles. The number of hydrogen-bond donors (Lipinski definition) is 1. The minimum Gasteiger partial charge on any atom is -0.454 e. The largest absolute Gasteiger partial charge is 0.454 e. The first-order valence-electron chi connectivity index (χ1n) is 10.6. The number of para-hydroxylation sites is 1. The van der Waals surface area contributed by atoms with Crippen LogP contribution in [0.2, 0.25) is 0 Å². The average molecular weight is 410 g/mol. The Morgan fingerprint density at radius 2 is 1.81 bits per heavy atom. The third kappa shape index (κ3) is 2.81. The average Bonchev–Trinajstić information content (AvgIpc) is 3.42. The molecule has 0 fully saturated rings. The van der Waals surface area contributed by atoms with E-state index in [1.165, 1.54) is 10.9 Å². The van der Waals surface area contributed by atoms with E-state index in [1.54, 1.807) is 0 Å². The minimum atomic E-state index is -0.224. The third-order valence-electron chi connectivity index (χ3n) is 6.38. The van der Waals surface area contributed by atoms with Crippen molar-refractivity contribution in [3.8, 4) is 11.5 Å². The van der Waals surface area contributed by atoms with Gasteiger partial charge in [0.15, 0.2) is 11.5 Å². The molecule has 4 aromatic rings. The van der Waals surface area contributed by atoms with E-state index in [-0.39, 0.29) is 18.7 Å². The van der Waals surface area contributed by atoms with Crippen LogP contribution in [0.25, 0.3) is 10.9 Å². The number of ether oxygens (including phenoxy) is 2. The second-order valence-electron chi connectivity index (χ2n) is 8.14. The Morgan fingerprint density at radius 1 is 1.00 bits per heavy atom. The van der Waals surface area contributed by atoms with Gasteiger partial charge < -0.3 is 19.4 Å². The molecule has 1 amide bonds. The molecule has 154 valence electrons. The monoisotopic (exact) mass is 410 g/mol. The van der Waals surface area contributed by atoms with Crippen molar-refractivity contribution >= 4 is 16.8 Å². The molecule has 0 saturated carbocycles. The van der Waals surface area contributed by atoms with Gasteiger partial charge in [0, 0.05) is 28.7 Å². The molecule has 31 heavy (non-hydrogen) atoms. The summed E-state index contributed by atoms with van der Waals surface area (Å²) in [5.74, 6) is 1.52. The molecule has 0 unspecified atom stereocenters. The van der Waals surface area contributed by atoms with Gasteiger partial charge in [0.1, 0.15) is 0 Å². The smallest absolute Gasteiger partial charge is 0.254 e. The molecule has 2 aliphatic rings. The number of H-pyrrole nitrogens is 1. The first-order valence-corrected chi connectivity index (χ1v) is 10.6. The van der Waals surface area contributed by atoms with Gasteiger partial charge >= 0.3 is 0 Å². The predicted molar refractivity (Wildman–Crippen MR) is 119 cm³/mol. The van der Waals surface area contributed by atoms with Gasteiger partial charge in [-0.15, -0.1) is 0 Å². The number of carbonyl (C=O) groups is 1. The molecule has 0 spiro atoms. The fourth-order valence-electron chi connectivity index (χ4n) is 4.86. The summed E-state index contributed by atoms with van der Waals surface area (Å²) in [6.07, 6.45) is 0.817. The van der Waals surface area contributed by atoms with Crippen LogP contribution in [0.4, 0.5) is 0 Å². The van der Waals surface area contributed by atoms with Gasteiger partial charge in [-0.2, -0.15) is 0 Å². The number of aromatic amines is 1. The zero-order chi connectivity index (χ0) is 20.9. The van der Waals surface area contributed by atoms with E-state index in [0.29, 0.717) is 6.54 Å². The molecule has 1 aromatic heterocycles. The Morgan fingerprint density at radius 3 is 2.71 bits per heavy atom. The Labute approximate surface area is 180 Å². The normalized spacial score (nSPS) is 17.1.